The fraction of sp³-hybridized carbons (Fsp3) is 0.591. The van der Waals surface area contributed by atoms with Gasteiger partial charge in [0.2, 0.25) is 11.8 Å². The summed E-state index contributed by atoms with van der Waals surface area (Å²) in [4.78, 5) is 39.9. The van der Waals surface area contributed by atoms with E-state index in [-0.39, 0.29) is 41.6 Å². The van der Waals surface area contributed by atoms with E-state index in [1.165, 1.54) is 17.0 Å². The van der Waals surface area contributed by atoms with Crippen LogP contribution in [-0.4, -0.2) is 82.2 Å². The number of ether oxygens (including phenoxy) is 2. The van der Waals surface area contributed by atoms with E-state index in [4.69, 9.17) is 9.47 Å². The normalized spacial score (nSPS) is 14.7. The molecule has 32 heavy (non-hydrogen) atoms. The highest BCUT2D eigenvalue weighted by molar-refractivity contribution is 7.90. The molecule has 2 amide bonds. The van der Waals surface area contributed by atoms with E-state index in [0.717, 1.165) is 6.26 Å². The van der Waals surface area contributed by atoms with Crippen molar-refractivity contribution in [3.8, 4) is 5.75 Å². The van der Waals surface area contributed by atoms with Gasteiger partial charge in [0.25, 0.3) is 0 Å². The highest BCUT2D eigenvalue weighted by atomic mass is 32.2. The number of rotatable bonds is 10. The molecule has 1 fully saturated rings. The van der Waals surface area contributed by atoms with Gasteiger partial charge in [0, 0.05) is 32.8 Å². The molecule has 0 bridgehead atoms. The Kier molecular flexibility index (Phi) is 9.49. The minimum absolute atomic E-state index is 0.00326. The molecule has 0 aliphatic carbocycles. The molecule has 0 spiro atoms. The molecule has 2 rings (SSSR count). The fourth-order valence-electron chi connectivity index (χ4n) is 3.40. The van der Waals surface area contributed by atoms with Crippen LogP contribution < -0.4 is 4.74 Å². The first-order valence-electron chi connectivity index (χ1n) is 10.7. The van der Waals surface area contributed by atoms with E-state index in [0.29, 0.717) is 51.3 Å². The number of piperidine rings is 1. The molecule has 0 aromatic heterocycles. The van der Waals surface area contributed by atoms with Crippen molar-refractivity contribution in [2.24, 2.45) is 5.92 Å². The molecule has 1 aliphatic heterocycles. The Hall–Kier alpha value is -2.62. The van der Waals surface area contributed by atoms with Crippen LogP contribution in [0, 0.1) is 5.92 Å². The van der Waals surface area contributed by atoms with Gasteiger partial charge in [-0.05, 0) is 50.5 Å². The molecule has 0 saturated carbocycles. The van der Waals surface area contributed by atoms with Crippen LogP contribution in [0.5, 0.6) is 5.75 Å². The van der Waals surface area contributed by atoms with Crippen LogP contribution in [-0.2, 0) is 29.0 Å². The summed E-state index contributed by atoms with van der Waals surface area (Å²) in [7, 11) is -1.66. The van der Waals surface area contributed by atoms with Crippen molar-refractivity contribution >= 4 is 27.6 Å². The van der Waals surface area contributed by atoms with Crippen molar-refractivity contribution in [2.75, 3.05) is 46.2 Å². The lowest BCUT2D eigenvalue weighted by Gasteiger charge is -2.32. The number of sulfone groups is 1. The number of likely N-dealkylation sites (tertiary alicyclic amines) is 1. The molecule has 9 nitrogen and oxygen atoms in total. The first-order chi connectivity index (χ1) is 15.1. The van der Waals surface area contributed by atoms with E-state index >= 15 is 0 Å². The van der Waals surface area contributed by atoms with Crippen LogP contribution in [0.15, 0.2) is 29.2 Å². The second-order valence-corrected chi connectivity index (χ2v) is 9.87. The quantitative estimate of drug-likeness (QED) is 0.378. The summed E-state index contributed by atoms with van der Waals surface area (Å²) in [6, 6.07) is 6.11. The predicted molar refractivity (Wildman–Crippen MR) is 118 cm³/mol. The summed E-state index contributed by atoms with van der Waals surface area (Å²) in [6.07, 6.45) is 2.99. The van der Waals surface area contributed by atoms with Crippen molar-refractivity contribution in [3.63, 3.8) is 0 Å². The topological polar surface area (TPSA) is 110 Å². The van der Waals surface area contributed by atoms with Crippen molar-refractivity contribution < 1.29 is 32.3 Å². The van der Waals surface area contributed by atoms with Gasteiger partial charge in [-0.25, -0.2) is 8.42 Å². The van der Waals surface area contributed by atoms with Gasteiger partial charge < -0.3 is 19.3 Å². The smallest absolute Gasteiger partial charge is 0.309 e. The third-order valence-corrected chi connectivity index (χ3v) is 6.45. The molecule has 178 valence electrons. The Morgan fingerprint density at radius 1 is 1.12 bits per heavy atom. The second-order valence-electron chi connectivity index (χ2n) is 7.85. The summed E-state index contributed by atoms with van der Waals surface area (Å²) in [6.45, 7) is 3.38. The summed E-state index contributed by atoms with van der Waals surface area (Å²) in [5, 5.41) is 0. The van der Waals surface area contributed by atoms with E-state index in [9.17, 15) is 22.8 Å². The number of hydrogen-bond donors (Lipinski definition) is 0. The zero-order chi connectivity index (χ0) is 23.7. The average molecular weight is 469 g/mol. The maximum absolute atomic E-state index is 12.5. The van der Waals surface area contributed by atoms with Crippen LogP contribution in [0.2, 0.25) is 0 Å². The van der Waals surface area contributed by atoms with Gasteiger partial charge in [-0.15, -0.1) is 0 Å². The maximum Gasteiger partial charge on any atom is 0.309 e. The molecule has 1 aliphatic rings. The zero-order valence-electron chi connectivity index (χ0n) is 18.9. The van der Waals surface area contributed by atoms with Gasteiger partial charge in [-0.2, -0.15) is 0 Å². The molecular formula is C22H32N2O7S. The number of nitrogens with zero attached hydrogens (tertiary/aromatic N) is 2. The van der Waals surface area contributed by atoms with Crippen LogP contribution in [0.1, 0.15) is 32.6 Å². The van der Waals surface area contributed by atoms with Gasteiger partial charge in [0.15, 0.2) is 9.84 Å². The number of carbonyl (C=O) groups is 3. The Balaban J connectivity index is 1.67. The first kappa shape index (κ1) is 25.6. The highest BCUT2D eigenvalue weighted by Crippen LogP contribution is 2.19. The van der Waals surface area contributed by atoms with Gasteiger partial charge in [0.05, 0.1) is 30.6 Å². The van der Waals surface area contributed by atoms with Gasteiger partial charge in [-0.1, -0.05) is 0 Å². The van der Waals surface area contributed by atoms with Crippen molar-refractivity contribution in [1.29, 1.82) is 0 Å². The average Bonchev–Trinajstić information content (AvgIpc) is 2.76. The summed E-state index contributed by atoms with van der Waals surface area (Å²) < 4.78 is 33.5. The van der Waals surface area contributed by atoms with Crippen LogP contribution in [0.4, 0.5) is 0 Å². The SMILES string of the molecule is CCOC(=O)C1CCN(C(=O)CN(C)C(=O)CCCOc2ccc(S(C)(=O)=O)cc2)CC1. The largest absolute Gasteiger partial charge is 0.494 e. The summed E-state index contributed by atoms with van der Waals surface area (Å²) in [5.74, 6) is -0.137. The molecule has 0 atom stereocenters. The Bertz CT molecular complexity index is 891. The molecule has 1 heterocycles. The lowest BCUT2D eigenvalue weighted by molar-refractivity contribution is -0.151. The minimum Gasteiger partial charge on any atom is -0.494 e. The molecule has 1 aromatic rings. The van der Waals surface area contributed by atoms with E-state index < -0.39 is 9.84 Å². The minimum atomic E-state index is -3.25. The van der Waals surface area contributed by atoms with E-state index in [1.807, 2.05) is 0 Å². The standard InChI is InChI=1S/C22H32N2O7S/c1-4-30-22(27)17-11-13-24(14-12-17)21(26)16-23(2)20(25)6-5-15-31-18-7-9-19(10-8-18)32(3,28)29/h7-10,17H,4-6,11-16H2,1-3H3. The van der Waals surface area contributed by atoms with Crippen molar-refractivity contribution in [3.05, 3.63) is 24.3 Å². The van der Waals surface area contributed by atoms with Gasteiger partial charge in [-0.3, -0.25) is 14.4 Å². The summed E-state index contributed by atoms with van der Waals surface area (Å²) >= 11 is 0. The van der Waals surface area contributed by atoms with Crippen LogP contribution >= 0.6 is 0 Å². The Morgan fingerprint density at radius 3 is 2.31 bits per heavy atom. The lowest BCUT2D eigenvalue weighted by atomic mass is 9.97. The molecule has 0 radical (unpaired) electrons. The highest BCUT2D eigenvalue weighted by Gasteiger charge is 2.28. The number of benzene rings is 1. The summed E-state index contributed by atoms with van der Waals surface area (Å²) in [5.41, 5.74) is 0. The fourth-order valence-corrected chi connectivity index (χ4v) is 4.03. The number of amides is 2. The molecule has 0 N–H and O–H groups in total. The molecular weight excluding hydrogens is 436 g/mol. The van der Waals surface area contributed by atoms with E-state index in [2.05, 4.69) is 0 Å². The van der Waals surface area contributed by atoms with Crippen molar-refractivity contribution in [2.45, 2.75) is 37.5 Å². The van der Waals surface area contributed by atoms with E-state index in [1.54, 1.807) is 31.0 Å². The van der Waals surface area contributed by atoms with Gasteiger partial charge >= 0.3 is 5.97 Å². The lowest BCUT2D eigenvalue weighted by Crippen LogP contribution is -2.45. The third-order valence-electron chi connectivity index (χ3n) is 5.32. The van der Waals surface area contributed by atoms with Crippen molar-refractivity contribution in [1.82, 2.24) is 9.80 Å². The third kappa shape index (κ3) is 7.81. The number of carbonyl (C=O) groups excluding carboxylic acids is 3. The van der Waals surface area contributed by atoms with Gasteiger partial charge in [0.1, 0.15) is 5.75 Å². The number of hydrogen-bond acceptors (Lipinski definition) is 7. The molecule has 0 unspecified atom stereocenters. The molecule has 1 saturated heterocycles. The second kappa shape index (κ2) is 11.8. The van der Waals surface area contributed by atoms with Crippen LogP contribution in [0.25, 0.3) is 0 Å². The Labute approximate surface area is 189 Å². The molecule has 1 aromatic carbocycles. The molecule has 10 heteroatoms. The number of esters is 1. The zero-order valence-corrected chi connectivity index (χ0v) is 19.7. The number of likely N-dealkylation sites (N-methyl/N-ethyl adjacent to an activating group) is 1. The first-order valence-corrected chi connectivity index (χ1v) is 12.6. The predicted octanol–water partition coefficient (Wildman–Crippen LogP) is 1.51. The monoisotopic (exact) mass is 468 g/mol. The van der Waals surface area contributed by atoms with Crippen LogP contribution in [0.3, 0.4) is 0 Å². The maximum atomic E-state index is 12.5. The Morgan fingerprint density at radius 2 is 1.75 bits per heavy atom.